The first-order chi connectivity index (χ1) is 46.7. The molecule has 572 valence electrons. The van der Waals surface area contributed by atoms with Crippen molar-refractivity contribution in [3.05, 3.63) is 0 Å². The molecule has 14 N–H and O–H groups in total. The van der Waals surface area contributed by atoms with Crippen LogP contribution in [-0.2, 0) is 71.9 Å². The van der Waals surface area contributed by atoms with Crippen LogP contribution < -0.4 is 64.2 Å². The van der Waals surface area contributed by atoms with Crippen LogP contribution in [-0.4, -0.2) is 217 Å². The first kappa shape index (κ1) is 87.2. The fraction of sp³-hybridized carbons (Fsp3) is 0.786. The fourth-order valence-electron chi connectivity index (χ4n) is 12.7. The number of nitrogens with two attached hydrogens (primary N) is 1. The molecule has 3 heterocycles. The van der Waals surface area contributed by atoms with Gasteiger partial charge in [0.25, 0.3) is 0 Å². The van der Waals surface area contributed by atoms with Gasteiger partial charge in [0.05, 0.1) is 19.1 Å². The molecule has 12 atom stereocenters. The Balaban J connectivity index is 1.72. The van der Waals surface area contributed by atoms with Crippen molar-refractivity contribution in [2.24, 2.45) is 29.4 Å². The molecule has 0 aromatic carbocycles. The SMILES string of the molecule is CC[C@H](C)[C@H](NC(=O)[C@H](C)NC(=O)[C@@H]1CCCN1C(=O)C(C)(C)NC(=O)[C@H](CC(C)C)NC(=O)[C@H](CC(N)=O)NC(=O)[C@@](C)(CC)NC(C)=O)C(=O)NC(C)(C)C(=O)N1CCC[C@H]1C(=O)N[C@](C)(CC)C(=O)N[C@@H](CC(C)C)C(=O)NC(C)(C)C(=O)N1CCC[C@H]1C(=O)N[C@H](CO)CC(C)C. The molecule has 3 saturated heterocycles. The molecule has 0 aromatic rings. The molecule has 31 heteroatoms. The minimum atomic E-state index is -1.69. The van der Waals surface area contributed by atoms with Crippen LogP contribution >= 0.6 is 0 Å². The molecule has 0 unspecified atom stereocenters. The van der Waals surface area contributed by atoms with Crippen LogP contribution in [0.15, 0.2) is 0 Å². The highest BCUT2D eigenvalue weighted by atomic mass is 16.3. The van der Waals surface area contributed by atoms with Gasteiger partial charge in [-0.25, -0.2) is 0 Å². The van der Waals surface area contributed by atoms with Gasteiger partial charge in [-0.05, 0) is 157 Å². The Morgan fingerprint density at radius 3 is 1.20 bits per heavy atom. The lowest BCUT2D eigenvalue weighted by molar-refractivity contribution is -0.147. The number of aliphatic hydroxyl groups is 1. The highest BCUT2D eigenvalue weighted by Gasteiger charge is 2.49. The standard InChI is InChI=1S/C70H121N15O16/c1-21-41(10)52(77-53(89)42(11)72-57(93)48-27-24-30-83(48)63(99)66(13,14)79-55(91)45(34-39(6)7)74-54(90)47(36-51(71)88)76-61(97)69(19,22-2)78-43(12)87)60(96)81-68(17,18)65(101)85-32-26-29-50(85)59(95)82-70(20,23-3)62(98)75-46(35-40(8)9)56(92)80-67(15,16)64(100)84-31-25-28-49(84)58(94)73-44(37-86)33-38(4)5/h38-42,44-50,52,86H,21-37H2,1-20H3,(H2,71,88)(H,72,93)(H,73,94)(H,74,90)(H,75,98)(H,76,97)(H,77,89)(H,78,87)(H,79,91)(H,80,92)(H,81,96)(H,82,95)/t41-,42-,44-,45-,46-,47-,48-,49-,50-,52-,69+,70+/m0/s1. The molecular weight excluding hydrogens is 1310 g/mol. The highest BCUT2D eigenvalue weighted by molar-refractivity contribution is 6.03. The summed E-state index contributed by atoms with van der Waals surface area (Å²) in [5.41, 5.74) is -2.53. The van der Waals surface area contributed by atoms with E-state index in [-0.39, 0.29) is 82.5 Å². The Morgan fingerprint density at radius 1 is 0.446 bits per heavy atom. The van der Waals surface area contributed by atoms with Crippen LogP contribution in [0.25, 0.3) is 0 Å². The molecule has 101 heavy (non-hydrogen) atoms. The molecule has 3 rings (SSSR count). The van der Waals surface area contributed by atoms with E-state index in [0.29, 0.717) is 38.5 Å². The van der Waals surface area contributed by atoms with E-state index in [1.165, 1.54) is 83.9 Å². The number of hydrogen-bond donors (Lipinski definition) is 13. The number of nitrogens with one attached hydrogen (secondary N) is 11. The van der Waals surface area contributed by atoms with Crippen molar-refractivity contribution in [3.8, 4) is 0 Å². The van der Waals surface area contributed by atoms with Crippen molar-refractivity contribution in [2.45, 2.75) is 304 Å². The lowest BCUT2D eigenvalue weighted by Crippen LogP contribution is -2.66. The van der Waals surface area contributed by atoms with Crippen molar-refractivity contribution in [2.75, 3.05) is 26.2 Å². The number of hydrogen-bond acceptors (Lipinski definition) is 16. The van der Waals surface area contributed by atoms with Crippen molar-refractivity contribution >= 4 is 88.6 Å². The van der Waals surface area contributed by atoms with E-state index in [9.17, 15) is 77.0 Å². The fourth-order valence-corrected chi connectivity index (χ4v) is 12.7. The third kappa shape index (κ3) is 24.3. The first-order valence-electron chi connectivity index (χ1n) is 35.9. The van der Waals surface area contributed by atoms with Crippen LogP contribution in [0, 0.1) is 23.7 Å². The Kier molecular flexibility index (Phi) is 32.2. The first-order valence-corrected chi connectivity index (χ1v) is 35.9. The lowest BCUT2D eigenvalue weighted by atomic mass is 9.94. The molecule has 0 radical (unpaired) electrons. The van der Waals surface area contributed by atoms with Gasteiger partial charge < -0.3 is 84.0 Å². The Morgan fingerprint density at radius 2 is 0.822 bits per heavy atom. The van der Waals surface area contributed by atoms with Crippen LogP contribution in [0.4, 0.5) is 0 Å². The Labute approximate surface area is 596 Å². The molecule has 0 saturated carbocycles. The highest BCUT2D eigenvalue weighted by Crippen LogP contribution is 2.28. The maximum atomic E-state index is 14.6. The van der Waals surface area contributed by atoms with Crippen molar-refractivity contribution < 1.29 is 77.0 Å². The van der Waals surface area contributed by atoms with E-state index in [2.05, 4.69) is 58.5 Å². The zero-order chi connectivity index (χ0) is 77.2. The molecule has 0 aliphatic carbocycles. The lowest BCUT2D eigenvalue weighted by Gasteiger charge is -2.37. The van der Waals surface area contributed by atoms with Crippen molar-refractivity contribution in [3.63, 3.8) is 0 Å². The van der Waals surface area contributed by atoms with Crippen LogP contribution in [0.1, 0.15) is 222 Å². The van der Waals surface area contributed by atoms with E-state index in [4.69, 9.17) is 5.73 Å². The summed E-state index contributed by atoms with van der Waals surface area (Å²) in [6.07, 6.45) is 2.73. The maximum Gasteiger partial charge on any atom is 0.248 e. The van der Waals surface area contributed by atoms with Gasteiger partial charge in [0, 0.05) is 26.6 Å². The number of rotatable bonds is 37. The van der Waals surface area contributed by atoms with E-state index in [0.717, 1.165) is 0 Å². The number of primary amides is 1. The molecule has 0 aromatic heterocycles. The third-order valence-electron chi connectivity index (χ3n) is 19.2. The van der Waals surface area contributed by atoms with E-state index < -0.39 is 183 Å². The molecule has 0 bridgehead atoms. The monoisotopic (exact) mass is 1430 g/mol. The maximum absolute atomic E-state index is 14.6. The van der Waals surface area contributed by atoms with Gasteiger partial charge in [-0.2, -0.15) is 0 Å². The third-order valence-corrected chi connectivity index (χ3v) is 19.2. The Hall–Kier alpha value is -7.99. The van der Waals surface area contributed by atoms with Gasteiger partial charge in [-0.1, -0.05) is 75.7 Å². The van der Waals surface area contributed by atoms with Gasteiger partial charge in [0.15, 0.2) is 0 Å². The summed E-state index contributed by atoms with van der Waals surface area (Å²) >= 11 is 0. The number of nitrogens with zero attached hydrogens (tertiary/aromatic N) is 3. The van der Waals surface area contributed by atoms with Gasteiger partial charge in [0.2, 0.25) is 88.6 Å². The zero-order valence-corrected chi connectivity index (χ0v) is 63.5. The van der Waals surface area contributed by atoms with Crippen LogP contribution in [0.3, 0.4) is 0 Å². The van der Waals surface area contributed by atoms with Crippen molar-refractivity contribution in [1.82, 2.24) is 73.2 Å². The van der Waals surface area contributed by atoms with E-state index in [1.54, 1.807) is 41.5 Å². The second kappa shape index (κ2) is 37.3. The zero-order valence-electron chi connectivity index (χ0n) is 63.5. The second-order valence-electron chi connectivity index (χ2n) is 31.0. The largest absolute Gasteiger partial charge is 0.394 e. The smallest absolute Gasteiger partial charge is 0.248 e. The van der Waals surface area contributed by atoms with E-state index in [1.807, 2.05) is 27.7 Å². The number of aliphatic hydroxyl groups excluding tert-OH is 1. The minimum Gasteiger partial charge on any atom is -0.394 e. The molecule has 0 spiro atoms. The number of carbonyl (C=O) groups excluding carboxylic acids is 15. The predicted octanol–water partition coefficient (Wildman–Crippen LogP) is 0.214. The number of likely N-dealkylation sites (tertiary alicyclic amines) is 3. The summed E-state index contributed by atoms with van der Waals surface area (Å²) in [6.45, 7) is 32.6. The quantitative estimate of drug-likeness (QED) is 0.0396. The van der Waals surface area contributed by atoms with Gasteiger partial charge >= 0.3 is 0 Å². The summed E-state index contributed by atoms with van der Waals surface area (Å²) in [7, 11) is 0. The van der Waals surface area contributed by atoms with Gasteiger partial charge in [-0.3, -0.25) is 71.9 Å². The molecule has 31 nitrogen and oxygen atoms in total. The van der Waals surface area contributed by atoms with Gasteiger partial charge in [0.1, 0.15) is 76.0 Å². The summed E-state index contributed by atoms with van der Waals surface area (Å²) in [4.78, 5) is 211. The van der Waals surface area contributed by atoms with Crippen LogP contribution in [0.5, 0.6) is 0 Å². The topological polar surface area (TPSA) is 444 Å². The summed E-state index contributed by atoms with van der Waals surface area (Å²) in [5, 5.41) is 39.7. The molecular formula is C70H121N15O16. The Bertz CT molecular complexity index is 3030. The molecule has 3 aliphatic rings. The van der Waals surface area contributed by atoms with Crippen molar-refractivity contribution in [1.29, 1.82) is 0 Å². The molecule has 15 amide bonds. The molecule has 3 aliphatic heterocycles. The minimum absolute atomic E-state index is 0.0465. The summed E-state index contributed by atoms with van der Waals surface area (Å²) < 4.78 is 0. The normalized spacial score (nSPS) is 19.7. The van der Waals surface area contributed by atoms with Gasteiger partial charge in [-0.15, -0.1) is 0 Å². The molecule has 3 fully saturated rings. The number of amides is 15. The summed E-state index contributed by atoms with van der Waals surface area (Å²) in [6, 6.07) is -10.0. The average molecular weight is 1430 g/mol. The second-order valence-corrected chi connectivity index (χ2v) is 31.0. The summed E-state index contributed by atoms with van der Waals surface area (Å²) in [5.74, 6) is -11.1. The average Bonchev–Trinajstić information content (AvgIpc) is 1.77. The number of carbonyl (C=O) groups is 15. The predicted molar refractivity (Wildman–Crippen MR) is 376 cm³/mol. The van der Waals surface area contributed by atoms with E-state index >= 15 is 0 Å². The van der Waals surface area contributed by atoms with Crippen LogP contribution in [0.2, 0.25) is 0 Å².